The van der Waals surface area contributed by atoms with Gasteiger partial charge in [-0.15, -0.1) is 0 Å². The Morgan fingerprint density at radius 2 is 1.38 bits per heavy atom. The van der Waals surface area contributed by atoms with Crippen molar-refractivity contribution in [2.75, 3.05) is 6.61 Å². The van der Waals surface area contributed by atoms with Crippen LogP contribution in [0.1, 0.15) is 58.1 Å². The standard InChI is InChI=1S/C31H32FNO/c1-30(2,21-31(3,4)22-34)18-6-5-7-23-8-12-25(13-9-23)27-16-17-28(29(32)19-27)26-14-10-24(20-33)11-15-26/h8-17,19,34H,6,18,21-22H2,1-4H3. The average Bonchev–Trinajstić information content (AvgIpc) is 2.82. The first-order valence-corrected chi connectivity index (χ1v) is 11.6. The van der Waals surface area contributed by atoms with Crippen LogP contribution in [0.5, 0.6) is 0 Å². The summed E-state index contributed by atoms with van der Waals surface area (Å²) in [5, 5.41) is 18.5. The van der Waals surface area contributed by atoms with Gasteiger partial charge in [0.25, 0.3) is 0 Å². The Morgan fingerprint density at radius 1 is 0.794 bits per heavy atom. The zero-order valence-corrected chi connectivity index (χ0v) is 20.5. The molecule has 3 aromatic carbocycles. The van der Waals surface area contributed by atoms with Gasteiger partial charge in [-0.3, -0.25) is 0 Å². The summed E-state index contributed by atoms with van der Waals surface area (Å²) in [6, 6.07) is 22.1. The third-order valence-electron chi connectivity index (χ3n) is 6.06. The Labute approximate surface area is 203 Å². The molecule has 0 aliphatic rings. The van der Waals surface area contributed by atoms with E-state index >= 15 is 0 Å². The summed E-state index contributed by atoms with van der Waals surface area (Å²) < 4.78 is 14.8. The molecule has 2 nitrogen and oxygen atoms in total. The van der Waals surface area contributed by atoms with Gasteiger partial charge in [-0.2, -0.15) is 5.26 Å². The van der Waals surface area contributed by atoms with E-state index in [1.165, 1.54) is 0 Å². The van der Waals surface area contributed by atoms with Gasteiger partial charge >= 0.3 is 0 Å². The molecule has 0 spiro atoms. The lowest BCUT2D eigenvalue weighted by atomic mass is 9.73. The van der Waals surface area contributed by atoms with Crippen LogP contribution in [-0.4, -0.2) is 11.7 Å². The third-order valence-corrected chi connectivity index (χ3v) is 6.06. The minimum atomic E-state index is -0.293. The van der Waals surface area contributed by atoms with E-state index in [0.717, 1.165) is 41.5 Å². The molecule has 174 valence electrons. The molecule has 0 saturated carbocycles. The largest absolute Gasteiger partial charge is 0.396 e. The SMILES string of the molecule is CC(C)(CO)CC(C)(C)CCC#Cc1ccc(-c2ccc(-c3ccc(C#N)cc3)c(F)c2)cc1. The van der Waals surface area contributed by atoms with Crippen LogP contribution in [0.15, 0.2) is 66.7 Å². The fraction of sp³-hybridized carbons (Fsp3) is 0.323. The second kappa shape index (κ2) is 10.7. The van der Waals surface area contributed by atoms with Crippen molar-refractivity contribution in [2.45, 2.75) is 47.0 Å². The van der Waals surface area contributed by atoms with E-state index in [0.29, 0.717) is 11.1 Å². The highest BCUT2D eigenvalue weighted by Gasteiger charge is 2.27. The molecule has 0 bridgehead atoms. The summed E-state index contributed by atoms with van der Waals surface area (Å²) in [6.45, 7) is 8.83. The number of rotatable bonds is 7. The Morgan fingerprint density at radius 3 is 1.97 bits per heavy atom. The number of benzene rings is 3. The predicted octanol–water partition coefficient (Wildman–Crippen LogP) is 7.60. The summed E-state index contributed by atoms with van der Waals surface area (Å²) in [5.41, 5.74) is 4.54. The van der Waals surface area contributed by atoms with Gasteiger partial charge in [0.2, 0.25) is 0 Å². The monoisotopic (exact) mass is 453 g/mol. The minimum Gasteiger partial charge on any atom is -0.396 e. The van der Waals surface area contributed by atoms with E-state index in [9.17, 15) is 9.50 Å². The zero-order chi connectivity index (χ0) is 24.8. The van der Waals surface area contributed by atoms with Crippen molar-refractivity contribution >= 4 is 0 Å². The van der Waals surface area contributed by atoms with E-state index in [1.807, 2.05) is 30.3 Å². The lowest BCUT2D eigenvalue weighted by Gasteiger charge is -2.33. The number of hydrogen-bond acceptors (Lipinski definition) is 2. The molecule has 1 N–H and O–H groups in total. The quantitative estimate of drug-likeness (QED) is 0.374. The van der Waals surface area contributed by atoms with Crippen LogP contribution >= 0.6 is 0 Å². The van der Waals surface area contributed by atoms with Crippen molar-refractivity contribution < 1.29 is 9.50 Å². The van der Waals surface area contributed by atoms with Gasteiger partial charge in [-0.25, -0.2) is 4.39 Å². The average molecular weight is 454 g/mol. The van der Waals surface area contributed by atoms with Crippen molar-refractivity contribution in [1.29, 1.82) is 5.26 Å². The Hall–Kier alpha value is -3.40. The summed E-state index contributed by atoms with van der Waals surface area (Å²) in [6.07, 6.45) is 2.73. The number of aliphatic hydroxyl groups excluding tert-OH is 1. The van der Waals surface area contributed by atoms with Crippen molar-refractivity contribution in [2.24, 2.45) is 10.8 Å². The molecular weight excluding hydrogens is 421 g/mol. The Balaban J connectivity index is 1.65. The van der Waals surface area contributed by atoms with Crippen LogP contribution in [0.2, 0.25) is 0 Å². The highest BCUT2D eigenvalue weighted by Crippen LogP contribution is 2.36. The van der Waals surface area contributed by atoms with E-state index in [4.69, 9.17) is 5.26 Å². The molecule has 0 fully saturated rings. The molecule has 3 rings (SSSR count). The molecule has 0 unspecified atom stereocenters. The highest BCUT2D eigenvalue weighted by molar-refractivity contribution is 5.71. The van der Waals surface area contributed by atoms with Gasteiger partial charge in [0, 0.05) is 24.2 Å². The molecule has 0 aromatic heterocycles. The molecule has 0 aliphatic carbocycles. The lowest BCUT2D eigenvalue weighted by molar-refractivity contribution is 0.0994. The number of nitriles is 1. The highest BCUT2D eigenvalue weighted by atomic mass is 19.1. The summed E-state index contributed by atoms with van der Waals surface area (Å²) in [5.74, 6) is 6.21. The normalized spacial score (nSPS) is 11.4. The Bertz CT molecular complexity index is 1220. The molecule has 3 heteroatoms. The molecule has 0 atom stereocenters. The van der Waals surface area contributed by atoms with Gasteiger partial charge < -0.3 is 5.11 Å². The predicted molar refractivity (Wildman–Crippen MR) is 137 cm³/mol. The summed E-state index contributed by atoms with van der Waals surface area (Å²) in [7, 11) is 0. The molecule has 0 radical (unpaired) electrons. The van der Waals surface area contributed by atoms with Crippen molar-refractivity contribution in [3.8, 4) is 40.2 Å². The van der Waals surface area contributed by atoms with Crippen LogP contribution in [0, 0.1) is 39.8 Å². The molecule has 0 heterocycles. The van der Waals surface area contributed by atoms with Crippen molar-refractivity contribution in [1.82, 2.24) is 0 Å². The van der Waals surface area contributed by atoms with E-state index in [1.54, 1.807) is 36.4 Å². The van der Waals surface area contributed by atoms with Crippen LogP contribution in [-0.2, 0) is 0 Å². The van der Waals surface area contributed by atoms with Gasteiger partial charge in [-0.1, -0.05) is 75.9 Å². The minimum absolute atomic E-state index is 0.0769. The smallest absolute Gasteiger partial charge is 0.131 e. The van der Waals surface area contributed by atoms with E-state index in [2.05, 4.69) is 45.6 Å². The van der Waals surface area contributed by atoms with Gasteiger partial charge in [-0.05, 0) is 70.7 Å². The number of nitrogens with zero attached hydrogens (tertiary/aromatic N) is 1. The second-order valence-electron chi connectivity index (χ2n) is 10.4. The second-order valence-corrected chi connectivity index (χ2v) is 10.4. The third kappa shape index (κ3) is 6.80. The first-order valence-electron chi connectivity index (χ1n) is 11.6. The summed E-state index contributed by atoms with van der Waals surface area (Å²) in [4.78, 5) is 0. The van der Waals surface area contributed by atoms with E-state index < -0.39 is 0 Å². The van der Waals surface area contributed by atoms with Crippen LogP contribution in [0.3, 0.4) is 0 Å². The zero-order valence-electron chi connectivity index (χ0n) is 20.5. The molecule has 0 saturated heterocycles. The maximum absolute atomic E-state index is 14.8. The van der Waals surface area contributed by atoms with Gasteiger partial charge in [0.15, 0.2) is 0 Å². The number of halogens is 1. The molecule has 3 aromatic rings. The Kier molecular flexibility index (Phi) is 7.93. The van der Waals surface area contributed by atoms with Gasteiger partial charge in [0.1, 0.15) is 5.82 Å². The first-order chi connectivity index (χ1) is 16.1. The van der Waals surface area contributed by atoms with Gasteiger partial charge in [0.05, 0.1) is 11.6 Å². The lowest BCUT2D eigenvalue weighted by Crippen LogP contribution is -2.26. The number of hydrogen-bond donors (Lipinski definition) is 1. The molecule has 0 amide bonds. The number of aliphatic hydroxyl groups is 1. The first kappa shape index (κ1) is 25.2. The van der Waals surface area contributed by atoms with Crippen molar-refractivity contribution in [3.05, 3.63) is 83.7 Å². The van der Waals surface area contributed by atoms with Crippen LogP contribution in [0.25, 0.3) is 22.3 Å². The maximum Gasteiger partial charge on any atom is 0.131 e. The summed E-state index contributed by atoms with van der Waals surface area (Å²) >= 11 is 0. The maximum atomic E-state index is 14.8. The molecular formula is C31H32FNO. The van der Waals surface area contributed by atoms with Crippen LogP contribution in [0.4, 0.5) is 4.39 Å². The van der Waals surface area contributed by atoms with E-state index in [-0.39, 0.29) is 23.3 Å². The van der Waals surface area contributed by atoms with Crippen LogP contribution < -0.4 is 0 Å². The fourth-order valence-electron chi connectivity index (χ4n) is 4.40. The molecule has 0 aliphatic heterocycles. The molecule has 34 heavy (non-hydrogen) atoms. The fourth-order valence-corrected chi connectivity index (χ4v) is 4.40. The van der Waals surface area contributed by atoms with Crippen molar-refractivity contribution in [3.63, 3.8) is 0 Å². The topological polar surface area (TPSA) is 44.0 Å².